The Morgan fingerprint density at radius 3 is 2.39 bits per heavy atom. The largest absolute Gasteiger partial charge is 0.381 e. The molecule has 2 aromatic carbocycles. The molecule has 0 spiro atoms. The van der Waals surface area contributed by atoms with Crippen molar-refractivity contribution in [2.45, 2.75) is 20.4 Å². The average molecular weight is 280 g/mol. The molecular formula is C15H15Cl2N. The van der Waals surface area contributed by atoms with Crippen LogP contribution in [0.25, 0.3) is 0 Å². The highest BCUT2D eigenvalue weighted by Gasteiger charge is 2.02. The number of aryl methyl sites for hydroxylation is 2. The molecule has 0 aliphatic heterocycles. The third kappa shape index (κ3) is 3.18. The molecule has 0 atom stereocenters. The Morgan fingerprint density at radius 2 is 1.72 bits per heavy atom. The summed E-state index contributed by atoms with van der Waals surface area (Å²) in [6, 6.07) is 11.9. The molecule has 2 aromatic rings. The van der Waals surface area contributed by atoms with Crippen molar-refractivity contribution in [2.24, 2.45) is 0 Å². The fourth-order valence-electron chi connectivity index (χ4n) is 1.71. The van der Waals surface area contributed by atoms with Crippen LogP contribution in [0.1, 0.15) is 16.7 Å². The van der Waals surface area contributed by atoms with E-state index in [0.29, 0.717) is 16.6 Å². The van der Waals surface area contributed by atoms with Crippen LogP contribution >= 0.6 is 23.2 Å². The van der Waals surface area contributed by atoms with E-state index in [1.165, 1.54) is 11.1 Å². The van der Waals surface area contributed by atoms with E-state index < -0.39 is 0 Å². The number of anilines is 1. The summed E-state index contributed by atoms with van der Waals surface area (Å²) in [5.41, 5.74) is 4.72. The normalized spacial score (nSPS) is 10.4. The van der Waals surface area contributed by atoms with Crippen molar-refractivity contribution in [3.8, 4) is 0 Å². The van der Waals surface area contributed by atoms with Crippen molar-refractivity contribution in [2.75, 3.05) is 5.32 Å². The quantitative estimate of drug-likeness (QED) is 0.812. The van der Waals surface area contributed by atoms with Gasteiger partial charge < -0.3 is 5.32 Å². The molecule has 0 heterocycles. The van der Waals surface area contributed by atoms with Gasteiger partial charge in [0.15, 0.2) is 0 Å². The van der Waals surface area contributed by atoms with Crippen molar-refractivity contribution in [3.05, 3.63) is 63.1 Å². The van der Waals surface area contributed by atoms with Gasteiger partial charge >= 0.3 is 0 Å². The highest BCUT2D eigenvalue weighted by molar-refractivity contribution is 6.35. The Bertz CT molecular complexity index is 564. The van der Waals surface area contributed by atoms with E-state index in [0.717, 1.165) is 11.3 Å². The number of hydrogen-bond donors (Lipinski definition) is 1. The van der Waals surface area contributed by atoms with Gasteiger partial charge in [-0.05, 0) is 54.8 Å². The van der Waals surface area contributed by atoms with Crippen LogP contribution in [0.5, 0.6) is 0 Å². The van der Waals surface area contributed by atoms with Gasteiger partial charge in [0, 0.05) is 22.3 Å². The molecule has 0 fully saturated rings. The molecule has 0 saturated heterocycles. The predicted molar refractivity (Wildman–Crippen MR) is 79.7 cm³/mol. The Labute approximate surface area is 118 Å². The van der Waals surface area contributed by atoms with Crippen molar-refractivity contribution >= 4 is 28.9 Å². The van der Waals surface area contributed by atoms with Gasteiger partial charge in [-0.2, -0.15) is 0 Å². The number of nitrogens with one attached hydrogen (secondary N) is 1. The van der Waals surface area contributed by atoms with Gasteiger partial charge in [0.1, 0.15) is 0 Å². The topological polar surface area (TPSA) is 12.0 Å². The predicted octanol–water partition coefficient (Wildman–Crippen LogP) is 5.22. The van der Waals surface area contributed by atoms with E-state index in [4.69, 9.17) is 23.2 Å². The van der Waals surface area contributed by atoms with E-state index in [9.17, 15) is 0 Å². The number of hydrogen-bond acceptors (Lipinski definition) is 1. The van der Waals surface area contributed by atoms with E-state index in [1.54, 1.807) is 6.07 Å². The van der Waals surface area contributed by atoms with Crippen LogP contribution in [0.15, 0.2) is 36.4 Å². The average Bonchev–Trinajstić information content (AvgIpc) is 2.32. The first-order valence-electron chi connectivity index (χ1n) is 5.81. The summed E-state index contributed by atoms with van der Waals surface area (Å²) >= 11 is 12.0. The van der Waals surface area contributed by atoms with Crippen molar-refractivity contribution in [1.29, 1.82) is 0 Å². The van der Waals surface area contributed by atoms with Gasteiger partial charge in [-0.1, -0.05) is 35.3 Å². The molecule has 94 valence electrons. The van der Waals surface area contributed by atoms with Crippen LogP contribution in [-0.2, 0) is 6.54 Å². The van der Waals surface area contributed by atoms with Crippen LogP contribution in [0.2, 0.25) is 10.0 Å². The monoisotopic (exact) mass is 279 g/mol. The van der Waals surface area contributed by atoms with Gasteiger partial charge in [-0.25, -0.2) is 0 Å². The second-order valence-corrected chi connectivity index (χ2v) is 5.23. The summed E-state index contributed by atoms with van der Waals surface area (Å²) in [7, 11) is 0. The first kappa shape index (κ1) is 13.3. The second-order valence-electron chi connectivity index (χ2n) is 4.39. The summed E-state index contributed by atoms with van der Waals surface area (Å²) in [5, 5.41) is 4.72. The summed E-state index contributed by atoms with van der Waals surface area (Å²) in [6.07, 6.45) is 0. The molecule has 0 amide bonds. The minimum absolute atomic E-state index is 0.662. The maximum atomic E-state index is 6.13. The van der Waals surface area contributed by atoms with Crippen molar-refractivity contribution in [1.82, 2.24) is 0 Å². The zero-order valence-corrected chi connectivity index (χ0v) is 11.9. The molecule has 0 aliphatic rings. The van der Waals surface area contributed by atoms with Crippen LogP contribution in [0.4, 0.5) is 5.69 Å². The molecule has 3 heteroatoms. The lowest BCUT2D eigenvalue weighted by atomic mass is 10.1. The minimum atomic E-state index is 0.662. The maximum Gasteiger partial charge on any atom is 0.0470 e. The van der Waals surface area contributed by atoms with E-state index in [-0.39, 0.29) is 0 Å². The van der Waals surface area contributed by atoms with Gasteiger partial charge in [-0.3, -0.25) is 0 Å². The first-order valence-corrected chi connectivity index (χ1v) is 6.57. The molecule has 0 unspecified atom stereocenters. The molecule has 1 nitrogen and oxygen atoms in total. The van der Waals surface area contributed by atoms with Crippen LogP contribution < -0.4 is 5.32 Å². The molecule has 0 aromatic heterocycles. The van der Waals surface area contributed by atoms with Crippen LogP contribution in [-0.4, -0.2) is 0 Å². The molecule has 1 N–H and O–H groups in total. The Hall–Kier alpha value is -1.18. The zero-order chi connectivity index (χ0) is 13.1. The SMILES string of the molecule is Cc1ccc(NCc2ccc(Cl)cc2Cl)cc1C. The molecule has 2 rings (SSSR count). The maximum absolute atomic E-state index is 6.13. The van der Waals surface area contributed by atoms with Gasteiger partial charge in [-0.15, -0.1) is 0 Å². The fourth-order valence-corrected chi connectivity index (χ4v) is 2.19. The van der Waals surface area contributed by atoms with Crippen LogP contribution in [0.3, 0.4) is 0 Å². The number of halogens is 2. The summed E-state index contributed by atoms with van der Waals surface area (Å²) in [4.78, 5) is 0. The van der Waals surface area contributed by atoms with Crippen molar-refractivity contribution in [3.63, 3.8) is 0 Å². The second kappa shape index (κ2) is 5.64. The molecule has 0 saturated carbocycles. The first-order chi connectivity index (χ1) is 8.56. The van der Waals surface area contributed by atoms with E-state index in [2.05, 4.69) is 37.4 Å². The summed E-state index contributed by atoms with van der Waals surface area (Å²) in [5.74, 6) is 0. The number of rotatable bonds is 3. The van der Waals surface area contributed by atoms with Crippen LogP contribution in [0, 0.1) is 13.8 Å². The molecule has 0 bridgehead atoms. The molecular weight excluding hydrogens is 265 g/mol. The smallest absolute Gasteiger partial charge is 0.0470 e. The Morgan fingerprint density at radius 1 is 0.944 bits per heavy atom. The van der Waals surface area contributed by atoms with E-state index >= 15 is 0 Å². The number of benzene rings is 2. The highest BCUT2D eigenvalue weighted by Crippen LogP contribution is 2.22. The lowest BCUT2D eigenvalue weighted by Crippen LogP contribution is -2.00. The van der Waals surface area contributed by atoms with Gasteiger partial charge in [0.2, 0.25) is 0 Å². The third-order valence-electron chi connectivity index (χ3n) is 3.00. The van der Waals surface area contributed by atoms with Gasteiger partial charge in [0.05, 0.1) is 0 Å². The van der Waals surface area contributed by atoms with E-state index in [1.807, 2.05) is 12.1 Å². The molecule has 0 aliphatic carbocycles. The Balaban J connectivity index is 2.09. The van der Waals surface area contributed by atoms with Gasteiger partial charge in [0.25, 0.3) is 0 Å². The highest BCUT2D eigenvalue weighted by atomic mass is 35.5. The minimum Gasteiger partial charge on any atom is -0.381 e. The van der Waals surface area contributed by atoms with Crippen molar-refractivity contribution < 1.29 is 0 Å². The lowest BCUT2D eigenvalue weighted by Gasteiger charge is -2.10. The third-order valence-corrected chi connectivity index (χ3v) is 3.59. The summed E-state index contributed by atoms with van der Waals surface area (Å²) < 4.78 is 0. The fraction of sp³-hybridized carbons (Fsp3) is 0.200. The lowest BCUT2D eigenvalue weighted by molar-refractivity contribution is 1.14. The zero-order valence-electron chi connectivity index (χ0n) is 10.4. The summed E-state index contributed by atoms with van der Waals surface area (Å²) in [6.45, 7) is 4.91. The molecule has 0 radical (unpaired) electrons. The standard InChI is InChI=1S/C15H15Cl2N/c1-10-3-6-14(7-11(10)2)18-9-12-4-5-13(16)8-15(12)17/h3-8,18H,9H2,1-2H3. The Kier molecular flexibility index (Phi) is 4.15. The molecule has 18 heavy (non-hydrogen) atoms.